The van der Waals surface area contributed by atoms with E-state index in [0.29, 0.717) is 18.7 Å². The first-order valence-corrected chi connectivity index (χ1v) is 6.50. The number of carbonyl (C=O) groups is 1. The Kier molecular flexibility index (Phi) is 4.78. The lowest BCUT2D eigenvalue weighted by Crippen LogP contribution is -2.19. The number of rotatable bonds is 6. The van der Waals surface area contributed by atoms with Crippen LogP contribution in [0.15, 0.2) is 24.3 Å². The normalized spacial score (nSPS) is 10.5. The maximum Gasteiger partial charge on any atom is 0.250 e. The molecule has 0 fully saturated rings. The van der Waals surface area contributed by atoms with Crippen LogP contribution < -0.4 is 5.32 Å². The second kappa shape index (κ2) is 6.76. The Morgan fingerprint density at radius 1 is 1.35 bits per heavy atom. The monoisotopic (exact) mass is 275 g/mol. The molecule has 0 aliphatic carbocycles. The quantitative estimate of drug-likeness (QED) is 0.856. The van der Waals surface area contributed by atoms with E-state index in [-0.39, 0.29) is 12.5 Å². The number of anilines is 1. The van der Waals surface area contributed by atoms with Crippen LogP contribution in [-0.2, 0) is 16.0 Å². The van der Waals surface area contributed by atoms with E-state index in [4.69, 9.17) is 4.74 Å². The summed E-state index contributed by atoms with van der Waals surface area (Å²) in [4.78, 5) is 11.8. The maximum atomic E-state index is 11.8. The van der Waals surface area contributed by atoms with Crippen LogP contribution in [0.25, 0.3) is 5.69 Å². The summed E-state index contributed by atoms with van der Waals surface area (Å²) in [6.45, 7) is 4.34. The molecule has 0 radical (unpaired) electrons. The van der Waals surface area contributed by atoms with Crippen LogP contribution >= 0.6 is 0 Å². The van der Waals surface area contributed by atoms with Crippen molar-refractivity contribution in [1.82, 2.24) is 20.2 Å². The zero-order chi connectivity index (χ0) is 14.4. The van der Waals surface area contributed by atoms with E-state index in [1.165, 1.54) is 0 Å². The van der Waals surface area contributed by atoms with E-state index in [9.17, 15) is 4.79 Å². The number of aryl methyl sites for hydroxylation is 1. The number of ether oxygens (including phenoxy) is 1. The highest BCUT2D eigenvalue weighted by molar-refractivity contribution is 5.93. The first-order valence-electron chi connectivity index (χ1n) is 6.50. The molecule has 2 rings (SSSR count). The van der Waals surface area contributed by atoms with Crippen molar-refractivity contribution in [1.29, 1.82) is 0 Å². The highest BCUT2D eigenvalue weighted by Gasteiger charge is 2.12. The molecule has 1 amide bonds. The molecular weight excluding hydrogens is 258 g/mol. The SMILES string of the molecule is CCOCC(=O)Nc1ccccc1-n1nnnc1CC. The Bertz CT molecular complexity index is 582. The van der Waals surface area contributed by atoms with E-state index < -0.39 is 0 Å². The molecule has 1 aromatic carbocycles. The van der Waals surface area contributed by atoms with Crippen LogP contribution in [0.2, 0.25) is 0 Å². The van der Waals surface area contributed by atoms with Crippen molar-refractivity contribution in [2.24, 2.45) is 0 Å². The van der Waals surface area contributed by atoms with E-state index in [1.807, 2.05) is 32.0 Å². The number of hydrogen-bond acceptors (Lipinski definition) is 5. The Morgan fingerprint density at radius 3 is 2.90 bits per heavy atom. The summed E-state index contributed by atoms with van der Waals surface area (Å²) in [7, 11) is 0. The molecule has 1 aromatic heterocycles. The van der Waals surface area contributed by atoms with Gasteiger partial charge in [-0.2, -0.15) is 4.68 Å². The third-order valence-electron chi connectivity index (χ3n) is 2.69. The maximum absolute atomic E-state index is 11.8. The minimum absolute atomic E-state index is 0.0288. The summed E-state index contributed by atoms with van der Waals surface area (Å²) in [6, 6.07) is 7.37. The molecule has 106 valence electrons. The molecule has 1 heterocycles. The number of amides is 1. The van der Waals surface area contributed by atoms with Gasteiger partial charge in [-0.05, 0) is 29.5 Å². The molecule has 20 heavy (non-hydrogen) atoms. The van der Waals surface area contributed by atoms with Gasteiger partial charge in [0.2, 0.25) is 5.91 Å². The minimum atomic E-state index is -0.203. The molecular formula is C13H17N5O2. The summed E-state index contributed by atoms with van der Waals surface area (Å²) < 4.78 is 6.71. The van der Waals surface area contributed by atoms with Gasteiger partial charge in [-0.15, -0.1) is 5.10 Å². The highest BCUT2D eigenvalue weighted by Crippen LogP contribution is 2.19. The lowest BCUT2D eigenvalue weighted by molar-refractivity contribution is -0.120. The number of tetrazole rings is 1. The van der Waals surface area contributed by atoms with Gasteiger partial charge in [-0.25, -0.2) is 0 Å². The first-order chi connectivity index (χ1) is 9.76. The van der Waals surface area contributed by atoms with E-state index in [1.54, 1.807) is 10.7 Å². The zero-order valence-electron chi connectivity index (χ0n) is 11.5. The average molecular weight is 275 g/mol. The van der Waals surface area contributed by atoms with Crippen molar-refractivity contribution < 1.29 is 9.53 Å². The molecule has 0 saturated carbocycles. The van der Waals surface area contributed by atoms with E-state index in [0.717, 1.165) is 11.5 Å². The number of carbonyl (C=O) groups excluding carboxylic acids is 1. The predicted molar refractivity (Wildman–Crippen MR) is 73.7 cm³/mol. The number of nitrogens with one attached hydrogen (secondary N) is 1. The highest BCUT2D eigenvalue weighted by atomic mass is 16.5. The van der Waals surface area contributed by atoms with Crippen molar-refractivity contribution in [3.05, 3.63) is 30.1 Å². The second-order valence-corrected chi connectivity index (χ2v) is 4.06. The molecule has 0 saturated heterocycles. The van der Waals surface area contributed by atoms with Crippen LogP contribution in [0, 0.1) is 0 Å². The molecule has 0 spiro atoms. The van der Waals surface area contributed by atoms with Gasteiger partial charge < -0.3 is 10.1 Å². The molecule has 0 unspecified atom stereocenters. The largest absolute Gasteiger partial charge is 0.372 e. The van der Waals surface area contributed by atoms with Crippen molar-refractivity contribution >= 4 is 11.6 Å². The fraction of sp³-hybridized carbons (Fsp3) is 0.385. The zero-order valence-corrected chi connectivity index (χ0v) is 11.5. The van der Waals surface area contributed by atoms with Crippen LogP contribution in [0.3, 0.4) is 0 Å². The third-order valence-corrected chi connectivity index (χ3v) is 2.69. The molecule has 7 nitrogen and oxygen atoms in total. The van der Waals surface area contributed by atoms with Gasteiger partial charge in [0.15, 0.2) is 5.82 Å². The van der Waals surface area contributed by atoms with Crippen LogP contribution in [-0.4, -0.2) is 39.3 Å². The summed E-state index contributed by atoms with van der Waals surface area (Å²) >= 11 is 0. The Balaban J connectivity index is 2.25. The summed E-state index contributed by atoms with van der Waals surface area (Å²) in [5.41, 5.74) is 1.39. The van der Waals surface area contributed by atoms with Crippen LogP contribution in [0.4, 0.5) is 5.69 Å². The second-order valence-electron chi connectivity index (χ2n) is 4.06. The molecule has 0 aliphatic rings. The van der Waals surface area contributed by atoms with Crippen molar-refractivity contribution in [2.45, 2.75) is 20.3 Å². The standard InChI is InChI=1S/C13H17N5O2/c1-3-12-15-16-17-18(12)11-8-6-5-7-10(11)14-13(19)9-20-4-2/h5-8H,3-4,9H2,1-2H3,(H,14,19). The van der Waals surface area contributed by atoms with Crippen molar-refractivity contribution in [2.75, 3.05) is 18.5 Å². The van der Waals surface area contributed by atoms with Crippen molar-refractivity contribution in [3.8, 4) is 5.69 Å². The average Bonchev–Trinajstić information content (AvgIpc) is 2.94. The lowest BCUT2D eigenvalue weighted by Gasteiger charge is -2.11. The van der Waals surface area contributed by atoms with Gasteiger partial charge in [-0.1, -0.05) is 19.1 Å². The fourth-order valence-corrected chi connectivity index (χ4v) is 1.76. The van der Waals surface area contributed by atoms with Gasteiger partial charge in [0.05, 0.1) is 11.4 Å². The molecule has 0 bridgehead atoms. The Labute approximate surface area is 116 Å². The van der Waals surface area contributed by atoms with Crippen LogP contribution in [0.5, 0.6) is 0 Å². The topological polar surface area (TPSA) is 81.9 Å². The van der Waals surface area contributed by atoms with Crippen molar-refractivity contribution in [3.63, 3.8) is 0 Å². The molecule has 1 N–H and O–H groups in total. The number of benzene rings is 1. The molecule has 0 atom stereocenters. The fourth-order valence-electron chi connectivity index (χ4n) is 1.76. The van der Waals surface area contributed by atoms with Gasteiger partial charge >= 0.3 is 0 Å². The minimum Gasteiger partial charge on any atom is -0.372 e. The lowest BCUT2D eigenvalue weighted by atomic mass is 10.2. The van der Waals surface area contributed by atoms with Gasteiger partial charge in [0.25, 0.3) is 0 Å². The number of aromatic nitrogens is 4. The first kappa shape index (κ1) is 14.1. The molecule has 2 aromatic rings. The summed E-state index contributed by atoms with van der Waals surface area (Å²) in [6.07, 6.45) is 0.703. The summed E-state index contributed by atoms with van der Waals surface area (Å²) in [5, 5.41) is 14.4. The van der Waals surface area contributed by atoms with Gasteiger partial charge in [0.1, 0.15) is 6.61 Å². The van der Waals surface area contributed by atoms with Crippen LogP contribution in [0.1, 0.15) is 19.7 Å². The van der Waals surface area contributed by atoms with Gasteiger partial charge in [-0.3, -0.25) is 4.79 Å². The summed E-state index contributed by atoms with van der Waals surface area (Å²) in [5.74, 6) is 0.530. The Morgan fingerprint density at radius 2 is 2.15 bits per heavy atom. The third kappa shape index (κ3) is 3.18. The Hall–Kier alpha value is -2.28. The number of hydrogen-bond donors (Lipinski definition) is 1. The van der Waals surface area contributed by atoms with E-state index in [2.05, 4.69) is 20.8 Å². The number of nitrogens with zero attached hydrogens (tertiary/aromatic N) is 4. The predicted octanol–water partition coefficient (Wildman–Crippen LogP) is 1.20. The smallest absolute Gasteiger partial charge is 0.250 e. The number of para-hydroxylation sites is 2. The van der Waals surface area contributed by atoms with E-state index >= 15 is 0 Å². The van der Waals surface area contributed by atoms with Gasteiger partial charge in [0, 0.05) is 13.0 Å². The molecule has 7 heteroatoms. The molecule has 0 aliphatic heterocycles.